The lowest BCUT2D eigenvalue weighted by molar-refractivity contribution is -0.0499. The van der Waals surface area contributed by atoms with E-state index in [-0.39, 0.29) is 11.3 Å². The van der Waals surface area contributed by atoms with Crippen molar-refractivity contribution in [3.8, 4) is 5.75 Å². The number of nitrogens with zero attached hydrogens (tertiary/aromatic N) is 1. The Balaban J connectivity index is 1.75. The van der Waals surface area contributed by atoms with Gasteiger partial charge < -0.3 is 14.4 Å². The summed E-state index contributed by atoms with van der Waals surface area (Å²) in [7, 11) is 0. The number of para-hydroxylation sites is 1. The molecule has 7 heteroatoms. The minimum absolute atomic E-state index is 0.0367. The van der Waals surface area contributed by atoms with Gasteiger partial charge >= 0.3 is 6.61 Å². The number of hydrogen-bond donors (Lipinski definition) is 0. The molecule has 0 bridgehead atoms. The quantitative estimate of drug-likeness (QED) is 0.560. The molecular formula is C20H18F3NO3. The third kappa shape index (κ3) is 4.89. The number of carbonyl (C=O) groups excluding carboxylic acids is 1. The molecule has 4 nitrogen and oxygen atoms in total. The second-order valence-corrected chi connectivity index (χ2v) is 5.88. The highest BCUT2D eigenvalue weighted by Gasteiger charge is 2.16. The van der Waals surface area contributed by atoms with E-state index in [2.05, 4.69) is 4.74 Å². The zero-order chi connectivity index (χ0) is 19.2. The molecular weight excluding hydrogens is 359 g/mol. The Morgan fingerprint density at radius 2 is 1.89 bits per heavy atom. The molecule has 3 rings (SSSR count). The van der Waals surface area contributed by atoms with Gasteiger partial charge in [-0.25, -0.2) is 4.39 Å². The first kappa shape index (κ1) is 19.0. The van der Waals surface area contributed by atoms with Gasteiger partial charge in [0.2, 0.25) is 0 Å². The first-order valence-corrected chi connectivity index (χ1v) is 8.43. The molecule has 0 atom stereocenters. The number of halogens is 3. The summed E-state index contributed by atoms with van der Waals surface area (Å²) in [6, 6.07) is 10.4. The number of allylic oxidation sites excluding steroid dienone is 1. The van der Waals surface area contributed by atoms with Gasteiger partial charge in [-0.3, -0.25) is 4.79 Å². The average molecular weight is 377 g/mol. The predicted octanol–water partition coefficient (Wildman–Crippen LogP) is 4.16. The number of rotatable bonds is 6. The van der Waals surface area contributed by atoms with Crippen LogP contribution in [0.4, 0.5) is 18.9 Å². The van der Waals surface area contributed by atoms with Crippen LogP contribution in [0.1, 0.15) is 15.9 Å². The molecule has 0 saturated carbocycles. The Morgan fingerprint density at radius 3 is 2.59 bits per heavy atom. The lowest BCUT2D eigenvalue weighted by Gasteiger charge is -2.29. The molecule has 1 aliphatic heterocycles. The summed E-state index contributed by atoms with van der Waals surface area (Å²) in [5, 5.41) is 0. The number of hydrogen-bond acceptors (Lipinski definition) is 4. The number of anilines is 1. The van der Waals surface area contributed by atoms with E-state index in [1.165, 1.54) is 24.3 Å². The van der Waals surface area contributed by atoms with Gasteiger partial charge in [0.1, 0.15) is 11.6 Å². The van der Waals surface area contributed by atoms with Gasteiger partial charge in [0.05, 0.1) is 18.9 Å². The predicted molar refractivity (Wildman–Crippen MR) is 95.9 cm³/mol. The molecule has 1 saturated heterocycles. The Hall–Kier alpha value is -2.80. The van der Waals surface area contributed by atoms with Gasteiger partial charge in [0.15, 0.2) is 5.78 Å². The molecule has 0 amide bonds. The molecule has 2 aromatic rings. The van der Waals surface area contributed by atoms with E-state index in [4.69, 9.17) is 4.74 Å². The van der Waals surface area contributed by atoms with Crippen LogP contribution < -0.4 is 9.64 Å². The third-order valence-electron chi connectivity index (χ3n) is 4.13. The fourth-order valence-electron chi connectivity index (χ4n) is 2.80. The van der Waals surface area contributed by atoms with E-state index < -0.39 is 18.2 Å². The number of ether oxygens (including phenoxy) is 2. The van der Waals surface area contributed by atoms with E-state index >= 15 is 0 Å². The Bertz CT molecular complexity index is 833. The number of morpholine rings is 1. The van der Waals surface area contributed by atoms with Gasteiger partial charge in [0.25, 0.3) is 0 Å². The van der Waals surface area contributed by atoms with E-state index in [1.807, 2.05) is 4.90 Å². The van der Waals surface area contributed by atoms with Gasteiger partial charge in [-0.1, -0.05) is 18.2 Å². The topological polar surface area (TPSA) is 38.8 Å². The van der Waals surface area contributed by atoms with E-state index in [0.29, 0.717) is 37.6 Å². The highest BCUT2D eigenvalue weighted by Crippen LogP contribution is 2.24. The normalized spacial score (nSPS) is 14.7. The van der Waals surface area contributed by atoms with Gasteiger partial charge in [-0.05, 0) is 36.4 Å². The van der Waals surface area contributed by atoms with Crippen molar-refractivity contribution < 1.29 is 27.4 Å². The molecule has 1 heterocycles. The molecule has 0 spiro atoms. The van der Waals surface area contributed by atoms with Crippen LogP contribution in [-0.2, 0) is 4.74 Å². The van der Waals surface area contributed by atoms with Crippen molar-refractivity contribution in [1.82, 2.24) is 0 Å². The van der Waals surface area contributed by atoms with Crippen molar-refractivity contribution in [1.29, 1.82) is 0 Å². The van der Waals surface area contributed by atoms with Crippen LogP contribution in [0.2, 0.25) is 0 Å². The summed E-state index contributed by atoms with van der Waals surface area (Å²) in [5.74, 6) is -0.961. The number of alkyl halides is 2. The zero-order valence-corrected chi connectivity index (χ0v) is 14.4. The Morgan fingerprint density at radius 1 is 1.15 bits per heavy atom. The minimum Gasteiger partial charge on any atom is -0.434 e. The SMILES string of the molecule is O=C(/C=C/c1ccccc1OC(F)F)c1ccc(N2CCOCC2)c(F)c1. The maximum absolute atomic E-state index is 14.4. The Kier molecular flexibility index (Phi) is 6.13. The molecule has 0 radical (unpaired) electrons. The standard InChI is InChI=1S/C20H18F3NO3/c21-16-13-15(5-7-17(16)24-9-11-26-12-10-24)18(25)8-6-14-3-1-2-4-19(14)27-20(22)23/h1-8,13,20H,9-12H2/b8-6+. The van der Waals surface area contributed by atoms with Crippen molar-refractivity contribution in [2.75, 3.05) is 31.2 Å². The number of ketones is 1. The first-order chi connectivity index (χ1) is 13.0. The molecule has 0 aromatic heterocycles. The minimum atomic E-state index is -2.96. The van der Waals surface area contributed by atoms with Crippen LogP contribution >= 0.6 is 0 Å². The maximum atomic E-state index is 14.4. The second-order valence-electron chi connectivity index (χ2n) is 5.88. The van der Waals surface area contributed by atoms with Gasteiger partial charge in [0, 0.05) is 24.2 Å². The molecule has 1 fully saturated rings. The highest BCUT2D eigenvalue weighted by molar-refractivity contribution is 6.07. The summed E-state index contributed by atoms with van der Waals surface area (Å²) < 4.78 is 48.9. The molecule has 142 valence electrons. The van der Waals surface area contributed by atoms with E-state index in [9.17, 15) is 18.0 Å². The first-order valence-electron chi connectivity index (χ1n) is 8.43. The summed E-state index contributed by atoms with van der Waals surface area (Å²) in [6.45, 7) is -0.723. The molecule has 0 aliphatic carbocycles. The van der Waals surface area contributed by atoms with E-state index in [1.54, 1.807) is 30.3 Å². The smallest absolute Gasteiger partial charge is 0.387 e. The van der Waals surface area contributed by atoms with Crippen molar-refractivity contribution in [2.45, 2.75) is 6.61 Å². The summed E-state index contributed by atoms with van der Waals surface area (Å²) in [6.07, 6.45) is 2.57. The fourth-order valence-corrected chi connectivity index (χ4v) is 2.80. The molecule has 0 N–H and O–H groups in total. The van der Waals surface area contributed by atoms with Crippen LogP contribution in [0, 0.1) is 5.82 Å². The summed E-state index contributed by atoms with van der Waals surface area (Å²) >= 11 is 0. The molecule has 1 aliphatic rings. The van der Waals surface area contributed by atoms with Crippen LogP contribution in [0.25, 0.3) is 6.08 Å². The van der Waals surface area contributed by atoms with Gasteiger partial charge in [-0.2, -0.15) is 8.78 Å². The van der Waals surface area contributed by atoms with Crippen molar-refractivity contribution in [2.24, 2.45) is 0 Å². The van der Waals surface area contributed by atoms with Crippen molar-refractivity contribution in [3.63, 3.8) is 0 Å². The largest absolute Gasteiger partial charge is 0.434 e. The third-order valence-corrected chi connectivity index (χ3v) is 4.13. The van der Waals surface area contributed by atoms with Crippen LogP contribution in [-0.4, -0.2) is 38.7 Å². The summed E-state index contributed by atoms with van der Waals surface area (Å²) in [5.41, 5.74) is 0.930. The monoisotopic (exact) mass is 377 g/mol. The average Bonchev–Trinajstić information content (AvgIpc) is 2.67. The highest BCUT2D eigenvalue weighted by atomic mass is 19.3. The lowest BCUT2D eigenvalue weighted by atomic mass is 10.1. The lowest BCUT2D eigenvalue weighted by Crippen LogP contribution is -2.36. The van der Waals surface area contributed by atoms with Crippen LogP contribution in [0.5, 0.6) is 5.75 Å². The van der Waals surface area contributed by atoms with Crippen LogP contribution in [0.15, 0.2) is 48.5 Å². The Labute approximate surface area is 154 Å². The molecule has 27 heavy (non-hydrogen) atoms. The molecule has 2 aromatic carbocycles. The summed E-state index contributed by atoms with van der Waals surface area (Å²) in [4.78, 5) is 14.2. The molecule has 0 unspecified atom stereocenters. The second kappa shape index (κ2) is 8.73. The van der Waals surface area contributed by atoms with Crippen molar-refractivity contribution >= 4 is 17.5 Å². The van der Waals surface area contributed by atoms with E-state index in [0.717, 1.165) is 0 Å². The fraction of sp³-hybridized carbons (Fsp3) is 0.250. The van der Waals surface area contributed by atoms with Crippen molar-refractivity contribution in [3.05, 3.63) is 65.5 Å². The van der Waals surface area contributed by atoms with Crippen LogP contribution in [0.3, 0.4) is 0 Å². The zero-order valence-electron chi connectivity index (χ0n) is 14.4. The number of benzene rings is 2. The maximum Gasteiger partial charge on any atom is 0.387 e. The number of carbonyl (C=O) groups is 1. The van der Waals surface area contributed by atoms with Gasteiger partial charge in [-0.15, -0.1) is 0 Å².